The molecule has 3 heterocycles. The van der Waals surface area contributed by atoms with E-state index in [1.165, 1.54) is 5.56 Å². The number of fused-ring (bicyclic) bond motifs is 1. The number of aryl methyl sites for hydroxylation is 1. The first kappa shape index (κ1) is 17.0. The lowest BCUT2D eigenvalue weighted by atomic mass is 10.0. The second-order valence-corrected chi connectivity index (χ2v) is 7.82. The molecule has 5 nitrogen and oxygen atoms in total. The number of nitrogens with zero attached hydrogens (tertiary/aromatic N) is 2. The van der Waals surface area contributed by atoms with E-state index in [4.69, 9.17) is 14.2 Å². The molecule has 0 amide bonds. The summed E-state index contributed by atoms with van der Waals surface area (Å²) in [5.74, 6) is 1.35. The maximum absolute atomic E-state index is 6.22. The molecule has 2 aliphatic heterocycles. The highest BCUT2D eigenvalue weighted by Crippen LogP contribution is 2.33. The number of methoxy groups -OCH3 is 1. The first-order valence-electron chi connectivity index (χ1n) is 8.70. The molecule has 2 saturated heterocycles. The molecule has 0 aliphatic carbocycles. The second kappa shape index (κ2) is 7.41. The van der Waals surface area contributed by atoms with E-state index in [9.17, 15) is 0 Å². The van der Waals surface area contributed by atoms with Crippen molar-refractivity contribution in [2.24, 2.45) is 5.92 Å². The Balaban J connectivity index is 1.39. The van der Waals surface area contributed by atoms with Crippen LogP contribution in [0.1, 0.15) is 16.3 Å². The Labute approximate surface area is 152 Å². The van der Waals surface area contributed by atoms with Gasteiger partial charge in [-0.1, -0.05) is 12.1 Å². The van der Waals surface area contributed by atoms with E-state index >= 15 is 0 Å². The predicted octanol–water partition coefficient (Wildman–Crippen LogP) is 2.88. The molecule has 0 N–H and O–H groups in total. The van der Waals surface area contributed by atoms with Gasteiger partial charge >= 0.3 is 0 Å². The summed E-state index contributed by atoms with van der Waals surface area (Å²) in [6.45, 7) is 6.09. The van der Waals surface area contributed by atoms with E-state index in [1.807, 2.05) is 19.1 Å². The van der Waals surface area contributed by atoms with E-state index in [1.54, 1.807) is 18.4 Å². The van der Waals surface area contributed by atoms with Crippen LogP contribution in [0.3, 0.4) is 0 Å². The van der Waals surface area contributed by atoms with Gasteiger partial charge in [-0.3, -0.25) is 4.90 Å². The molecule has 1 aromatic heterocycles. The standard InChI is InChI=1S/C19H24N2O3S/c1-13-20-15(12-25-13)9-24-19-8-21(18-11-23-10-17(18)19)7-14-3-5-16(22-2)6-4-14/h3-6,12,17-19H,7-11H2,1-2H3/t17-,18+,19+/m0/s1. The highest BCUT2D eigenvalue weighted by Gasteiger charge is 2.45. The molecule has 0 spiro atoms. The quantitative estimate of drug-likeness (QED) is 0.793. The average molecular weight is 360 g/mol. The van der Waals surface area contributed by atoms with Gasteiger partial charge in [0.15, 0.2) is 0 Å². The fourth-order valence-electron chi connectivity index (χ4n) is 3.78. The number of likely N-dealkylation sites (tertiary alicyclic amines) is 1. The van der Waals surface area contributed by atoms with Gasteiger partial charge in [-0.05, 0) is 24.6 Å². The molecule has 6 heteroatoms. The van der Waals surface area contributed by atoms with Gasteiger partial charge in [-0.25, -0.2) is 4.98 Å². The minimum absolute atomic E-state index is 0.216. The number of aromatic nitrogens is 1. The van der Waals surface area contributed by atoms with E-state index in [2.05, 4.69) is 27.4 Å². The summed E-state index contributed by atoms with van der Waals surface area (Å²) in [7, 11) is 1.70. The normalized spacial score (nSPS) is 26.1. The molecule has 3 atom stereocenters. The van der Waals surface area contributed by atoms with Gasteiger partial charge in [0.05, 0.1) is 43.7 Å². The van der Waals surface area contributed by atoms with Gasteiger partial charge in [-0.15, -0.1) is 11.3 Å². The summed E-state index contributed by atoms with van der Waals surface area (Å²) < 4.78 is 17.2. The Bertz CT molecular complexity index is 703. The second-order valence-electron chi connectivity index (χ2n) is 6.75. The summed E-state index contributed by atoms with van der Waals surface area (Å²) in [5, 5.41) is 3.18. The number of rotatable bonds is 6. The number of thiazole rings is 1. The van der Waals surface area contributed by atoms with E-state index in [0.29, 0.717) is 18.6 Å². The Hall–Kier alpha value is -1.47. The first-order chi connectivity index (χ1) is 12.2. The number of ether oxygens (including phenoxy) is 3. The van der Waals surface area contributed by atoms with E-state index < -0.39 is 0 Å². The predicted molar refractivity (Wildman–Crippen MR) is 96.9 cm³/mol. The Morgan fingerprint density at radius 3 is 2.84 bits per heavy atom. The van der Waals surface area contributed by atoms with Crippen LogP contribution < -0.4 is 4.74 Å². The Morgan fingerprint density at radius 2 is 2.12 bits per heavy atom. The van der Waals surface area contributed by atoms with Crippen molar-refractivity contribution >= 4 is 11.3 Å². The third-order valence-electron chi connectivity index (χ3n) is 5.11. The third kappa shape index (κ3) is 3.72. The zero-order valence-corrected chi connectivity index (χ0v) is 15.5. The van der Waals surface area contributed by atoms with Crippen LogP contribution in [0.4, 0.5) is 0 Å². The molecule has 2 aromatic rings. The summed E-state index contributed by atoms with van der Waals surface area (Å²) >= 11 is 1.68. The summed E-state index contributed by atoms with van der Waals surface area (Å²) in [6.07, 6.45) is 0.216. The Kier molecular flexibility index (Phi) is 5.03. The van der Waals surface area contributed by atoms with Gasteiger partial charge in [0.1, 0.15) is 5.75 Å². The molecule has 1 aromatic carbocycles. The number of hydrogen-bond donors (Lipinski definition) is 0. The van der Waals surface area contributed by atoms with E-state index in [0.717, 1.165) is 42.8 Å². The van der Waals surface area contributed by atoms with Crippen molar-refractivity contribution in [1.82, 2.24) is 9.88 Å². The number of hydrogen-bond acceptors (Lipinski definition) is 6. The smallest absolute Gasteiger partial charge is 0.118 e. The zero-order chi connectivity index (χ0) is 17.2. The lowest BCUT2D eigenvalue weighted by molar-refractivity contribution is 0.00756. The number of benzene rings is 1. The first-order valence-corrected chi connectivity index (χ1v) is 9.58. The molecule has 25 heavy (non-hydrogen) atoms. The molecule has 0 bridgehead atoms. The lowest BCUT2D eigenvalue weighted by Gasteiger charge is -2.22. The van der Waals surface area contributed by atoms with Crippen LogP contribution in [-0.4, -0.2) is 48.9 Å². The van der Waals surface area contributed by atoms with Crippen molar-refractivity contribution in [2.75, 3.05) is 26.9 Å². The van der Waals surface area contributed by atoms with Crippen LogP contribution in [0.5, 0.6) is 5.75 Å². The van der Waals surface area contributed by atoms with Crippen molar-refractivity contribution in [3.63, 3.8) is 0 Å². The molecule has 0 radical (unpaired) electrons. The molecule has 2 aliphatic rings. The van der Waals surface area contributed by atoms with Crippen LogP contribution in [-0.2, 0) is 22.6 Å². The molecule has 4 rings (SSSR count). The summed E-state index contributed by atoms with van der Waals surface area (Å²) in [4.78, 5) is 6.99. The van der Waals surface area contributed by atoms with Crippen LogP contribution in [0.15, 0.2) is 29.6 Å². The molecule has 0 unspecified atom stereocenters. The highest BCUT2D eigenvalue weighted by atomic mass is 32.1. The summed E-state index contributed by atoms with van der Waals surface area (Å²) in [6, 6.07) is 8.76. The lowest BCUT2D eigenvalue weighted by Crippen LogP contribution is -2.32. The van der Waals surface area contributed by atoms with Gasteiger partial charge in [0.25, 0.3) is 0 Å². The fourth-order valence-corrected chi connectivity index (χ4v) is 4.38. The average Bonchev–Trinajstić information content (AvgIpc) is 3.32. The van der Waals surface area contributed by atoms with Gasteiger partial charge in [0, 0.05) is 30.4 Å². The molecule has 2 fully saturated rings. The maximum atomic E-state index is 6.22. The van der Waals surface area contributed by atoms with Gasteiger partial charge in [-0.2, -0.15) is 0 Å². The monoisotopic (exact) mass is 360 g/mol. The van der Waals surface area contributed by atoms with Crippen molar-refractivity contribution in [1.29, 1.82) is 0 Å². The molecular weight excluding hydrogens is 336 g/mol. The van der Waals surface area contributed by atoms with Gasteiger partial charge < -0.3 is 14.2 Å². The van der Waals surface area contributed by atoms with Crippen molar-refractivity contribution < 1.29 is 14.2 Å². The fraction of sp³-hybridized carbons (Fsp3) is 0.526. The van der Waals surface area contributed by atoms with Gasteiger partial charge in [0.2, 0.25) is 0 Å². The van der Waals surface area contributed by atoms with Crippen LogP contribution in [0, 0.1) is 12.8 Å². The Morgan fingerprint density at radius 1 is 1.28 bits per heavy atom. The SMILES string of the molecule is COc1ccc(CN2C[C@@H](OCc3csc(C)n3)[C@H]3COC[C@H]32)cc1. The topological polar surface area (TPSA) is 43.8 Å². The molecule has 0 saturated carbocycles. The minimum Gasteiger partial charge on any atom is -0.497 e. The largest absolute Gasteiger partial charge is 0.497 e. The van der Waals surface area contributed by atoms with Crippen LogP contribution in [0.25, 0.3) is 0 Å². The maximum Gasteiger partial charge on any atom is 0.118 e. The van der Waals surface area contributed by atoms with E-state index in [-0.39, 0.29) is 6.10 Å². The van der Waals surface area contributed by atoms with Crippen molar-refractivity contribution in [3.05, 3.63) is 45.9 Å². The minimum atomic E-state index is 0.216. The van der Waals surface area contributed by atoms with Crippen LogP contribution in [0.2, 0.25) is 0 Å². The highest BCUT2D eigenvalue weighted by molar-refractivity contribution is 7.09. The van der Waals surface area contributed by atoms with Crippen molar-refractivity contribution in [2.45, 2.75) is 32.2 Å². The molecular formula is C19H24N2O3S. The third-order valence-corrected chi connectivity index (χ3v) is 5.93. The van der Waals surface area contributed by atoms with Crippen molar-refractivity contribution in [3.8, 4) is 5.75 Å². The molecule has 134 valence electrons. The van der Waals surface area contributed by atoms with Crippen LogP contribution >= 0.6 is 11.3 Å². The zero-order valence-electron chi connectivity index (χ0n) is 14.7. The summed E-state index contributed by atoms with van der Waals surface area (Å²) in [5.41, 5.74) is 2.33.